The Labute approximate surface area is 114 Å². The standard InChI is InChI=1S/C14H23N3O2/c1-11-7-14(18)13(8-15-11)9-16-12(2)10-17-3-5-19-6-4-17/h7-8,12,16H,3-6,9-10H2,1-2H3,(H,15,18). The molecular weight excluding hydrogens is 242 g/mol. The van der Waals surface area contributed by atoms with E-state index in [2.05, 4.69) is 22.1 Å². The zero-order chi connectivity index (χ0) is 13.7. The molecule has 5 heteroatoms. The zero-order valence-electron chi connectivity index (χ0n) is 11.7. The van der Waals surface area contributed by atoms with Gasteiger partial charge in [-0.05, 0) is 13.8 Å². The van der Waals surface area contributed by atoms with Gasteiger partial charge in [-0.1, -0.05) is 0 Å². The fraction of sp³-hybridized carbons (Fsp3) is 0.643. The topological polar surface area (TPSA) is 57.4 Å². The smallest absolute Gasteiger partial charge is 0.186 e. The number of ether oxygens (including phenoxy) is 1. The van der Waals surface area contributed by atoms with Gasteiger partial charge in [0.25, 0.3) is 0 Å². The Morgan fingerprint density at radius 1 is 1.47 bits per heavy atom. The van der Waals surface area contributed by atoms with Gasteiger partial charge < -0.3 is 15.0 Å². The van der Waals surface area contributed by atoms with E-state index >= 15 is 0 Å². The maximum Gasteiger partial charge on any atom is 0.186 e. The molecule has 0 spiro atoms. The molecule has 5 nitrogen and oxygen atoms in total. The number of pyridine rings is 1. The highest BCUT2D eigenvalue weighted by Crippen LogP contribution is 1.99. The maximum absolute atomic E-state index is 11.8. The summed E-state index contributed by atoms with van der Waals surface area (Å²) < 4.78 is 5.33. The van der Waals surface area contributed by atoms with Gasteiger partial charge >= 0.3 is 0 Å². The fourth-order valence-corrected chi connectivity index (χ4v) is 2.26. The first-order valence-corrected chi connectivity index (χ1v) is 6.87. The number of nitrogens with one attached hydrogen (secondary N) is 2. The number of aryl methyl sites for hydroxylation is 1. The molecule has 0 aromatic carbocycles. The van der Waals surface area contributed by atoms with E-state index in [1.54, 1.807) is 12.3 Å². The summed E-state index contributed by atoms with van der Waals surface area (Å²) in [5.74, 6) is 0. The Morgan fingerprint density at radius 3 is 2.89 bits per heavy atom. The molecule has 2 N–H and O–H groups in total. The molecule has 1 aliphatic rings. The second-order valence-electron chi connectivity index (χ2n) is 5.20. The highest BCUT2D eigenvalue weighted by molar-refractivity contribution is 5.13. The van der Waals surface area contributed by atoms with Crippen molar-refractivity contribution < 1.29 is 4.74 Å². The molecule has 1 saturated heterocycles. The Kier molecular flexibility index (Phi) is 5.13. The number of hydrogen-bond acceptors (Lipinski definition) is 4. The van der Waals surface area contributed by atoms with E-state index in [1.807, 2.05) is 6.92 Å². The van der Waals surface area contributed by atoms with Crippen LogP contribution in [0.1, 0.15) is 18.2 Å². The lowest BCUT2D eigenvalue weighted by Gasteiger charge is -2.29. The van der Waals surface area contributed by atoms with Crippen LogP contribution >= 0.6 is 0 Å². The lowest BCUT2D eigenvalue weighted by atomic mass is 10.2. The van der Waals surface area contributed by atoms with Gasteiger partial charge in [-0.3, -0.25) is 9.69 Å². The van der Waals surface area contributed by atoms with Crippen molar-refractivity contribution in [2.45, 2.75) is 26.4 Å². The monoisotopic (exact) mass is 265 g/mol. The molecule has 1 unspecified atom stereocenters. The maximum atomic E-state index is 11.8. The van der Waals surface area contributed by atoms with Gasteiger partial charge in [-0.2, -0.15) is 0 Å². The number of H-pyrrole nitrogens is 1. The van der Waals surface area contributed by atoms with Crippen LogP contribution in [0.25, 0.3) is 0 Å². The number of nitrogens with zero attached hydrogens (tertiary/aromatic N) is 1. The van der Waals surface area contributed by atoms with Gasteiger partial charge in [0.05, 0.1) is 13.2 Å². The molecule has 1 aliphatic heterocycles. The minimum Gasteiger partial charge on any atom is -0.379 e. The van der Waals surface area contributed by atoms with E-state index < -0.39 is 0 Å². The summed E-state index contributed by atoms with van der Waals surface area (Å²) in [7, 11) is 0. The number of rotatable bonds is 5. The van der Waals surface area contributed by atoms with E-state index in [0.29, 0.717) is 12.6 Å². The normalized spacial score (nSPS) is 18.4. The quantitative estimate of drug-likeness (QED) is 0.814. The van der Waals surface area contributed by atoms with E-state index in [9.17, 15) is 4.79 Å². The molecule has 1 atom stereocenters. The highest BCUT2D eigenvalue weighted by atomic mass is 16.5. The summed E-state index contributed by atoms with van der Waals surface area (Å²) >= 11 is 0. The van der Waals surface area contributed by atoms with Crippen LogP contribution in [0.4, 0.5) is 0 Å². The molecule has 1 aromatic rings. The molecule has 0 bridgehead atoms. The van der Waals surface area contributed by atoms with Gasteiger partial charge in [0.2, 0.25) is 0 Å². The van der Waals surface area contributed by atoms with Crippen molar-refractivity contribution >= 4 is 0 Å². The average molecular weight is 265 g/mol. The van der Waals surface area contributed by atoms with Crippen molar-refractivity contribution in [3.63, 3.8) is 0 Å². The second-order valence-corrected chi connectivity index (χ2v) is 5.20. The molecule has 0 radical (unpaired) electrons. The minimum atomic E-state index is 0.0994. The molecule has 1 fully saturated rings. The summed E-state index contributed by atoms with van der Waals surface area (Å²) in [5, 5.41) is 3.40. The van der Waals surface area contributed by atoms with E-state index in [4.69, 9.17) is 4.74 Å². The van der Waals surface area contributed by atoms with Crippen LogP contribution in [0.2, 0.25) is 0 Å². The van der Waals surface area contributed by atoms with Crippen molar-refractivity contribution in [3.05, 3.63) is 33.7 Å². The third-order valence-corrected chi connectivity index (χ3v) is 3.41. The molecule has 106 valence electrons. The Morgan fingerprint density at radius 2 is 2.21 bits per heavy atom. The molecule has 1 aromatic heterocycles. The minimum absolute atomic E-state index is 0.0994. The Balaban J connectivity index is 1.79. The second kappa shape index (κ2) is 6.84. The fourth-order valence-electron chi connectivity index (χ4n) is 2.26. The number of morpholine rings is 1. The lowest BCUT2D eigenvalue weighted by molar-refractivity contribution is 0.0343. The largest absolute Gasteiger partial charge is 0.379 e. The molecule has 0 saturated carbocycles. The third kappa shape index (κ3) is 4.45. The summed E-state index contributed by atoms with van der Waals surface area (Å²) in [6.07, 6.45) is 1.80. The van der Waals surface area contributed by atoms with Gasteiger partial charge in [-0.15, -0.1) is 0 Å². The van der Waals surface area contributed by atoms with Crippen molar-refractivity contribution in [2.75, 3.05) is 32.8 Å². The molecule has 0 amide bonds. The predicted molar refractivity (Wildman–Crippen MR) is 75.4 cm³/mol. The first-order chi connectivity index (χ1) is 9.15. The van der Waals surface area contributed by atoms with Crippen molar-refractivity contribution in [1.29, 1.82) is 0 Å². The predicted octanol–water partition coefficient (Wildman–Crippen LogP) is 0.494. The number of aromatic amines is 1. The molecule has 2 heterocycles. The van der Waals surface area contributed by atoms with Gasteiger partial charge in [0.15, 0.2) is 5.43 Å². The summed E-state index contributed by atoms with van der Waals surface area (Å²) in [6.45, 7) is 9.29. The molecule has 19 heavy (non-hydrogen) atoms. The van der Waals surface area contributed by atoms with E-state index in [0.717, 1.165) is 44.1 Å². The Bertz CT molecular complexity index is 452. The van der Waals surface area contributed by atoms with Crippen LogP contribution < -0.4 is 10.7 Å². The average Bonchev–Trinajstić information content (AvgIpc) is 2.39. The van der Waals surface area contributed by atoms with Crippen molar-refractivity contribution in [3.8, 4) is 0 Å². The number of aromatic nitrogens is 1. The first-order valence-electron chi connectivity index (χ1n) is 6.87. The summed E-state index contributed by atoms with van der Waals surface area (Å²) in [5.41, 5.74) is 1.79. The van der Waals surface area contributed by atoms with Crippen molar-refractivity contribution in [2.24, 2.45) is 0 Å². The summed E-state index contributed by atoms with van der Waals surface area (Å²) in [4.78, 5) is 17.2. The van der Waals surface area contributed by atoms with Gasteiger partial charge in [-0.25, -0.2) is 0 Å². The van der Waals surface area contributed by atoms with E-state index in [1.165, 1.54) is 0 Å². The van der Waals surface area contributed by atoms with Crippen LogP contribution in [-0.4, -0.2) is 48.8 Å². The molecule has 2 rings (SSSR count). The van der Waals surface area contributed by atoms with Crippen LogP contribution in [-0.2, 0) is 11.3 Å². The third-order valence-electron chi connectivity index (χ3n) is 3.41. The lowest BCUT2D eigenvalue weighted by Crippen LogP contribution is -2.44. The van der Waals surface area contributed by atoms with E-state index in [-0.39, 0.29) is 5.43 Å². The first kappa shape index (κ1) is 14.2. The zero-order valence-corrected chi connectivity index (χ0v) is 11.7. The number of hydrogen-bond donors (Lipinski definition) is 2. The Hall–Kier alpha value is -1.17. The summed E-state index contributed by atoms with van der Waals surface area (Å²) in [6, 6.07) is 2.00. The van der Waals surface area contributed by atoms with Crippen LogP contribution in [0.15, 0.2) is 17.1 Å². The van der Waals surface area contributed by atoms with Gasteiger partial charge in [0.1, 0.15) is 0 Å². The van der Waals surface area contributed by atoms with Crippen LogP contribution in [0.5, 0.6) is 0 Å². The SMILES string of the molecule is Cc1cc(=O)c(CNC(C)CN2CCOCC2)c[nH]1. The van der Waals surface area contributed by atoms with Crippen LogP contribution in [0, 0.1) is 6.92 Å². The highest BCUT2D eigenvalue weighted by Gasteiger charge is 2.13. The molecular formula is C14H23N3O2. The van der Waals surface area contributed by atoms with Crippen molar-refractivity contribution in [1.82, 2.24) is 15.2 Å². The molecule has 0 aliphatic carbocycles. The van der Waals surface area contributed by atoms with Crippen LogP contribution in [0.3, 0.4) is 0 Å². The van der Waals surface area contributed by atoms with Gasteiger partial charge in [0, 0.05) is 55.7 Å².